The van der Waals surface area contributed by atoms with Crippen LogP contribution in [0.3, 0.4) is 0 Å². The van der Waals surface area contributed by atoms with E-state index in [1.165, 1.54) is 6.07 Å². The van der Waals surface area contributed by atoms with E-state index < -0.39 is 23.7 Å². The highest BCUT2D eigenvalue weighted by Crippen LogP contribution is 2.32. The monoisotopic (exact) mass is 316 g/mol. The molecule has 0 aliphatic rings. The fourth-order valence-corrected chi connectivity index (χ4v) is 2.07. The molecule has 6 heteroatoms. The van der Waals surface area contributed by atoms with E-state index in [0.717, 1.165) is 12.1 Å². The van der Waals surface area contributed by atoms with E-state index in [2.05, 4.69) is 5.32 Å². The van der Waals surface area contributed by atoms with Gasteiger partial charge in [0.1, 0.15) is 0 Å². The van der Waals surface area contributed by atoms with Crippen molar-refractivity contribution in [1.29, 1.82) is 0 Å². The maximum atomic E-state index is 12.8. The van der Waals surface area contributed by atoms with Gasteiger partial charge in [-0.1, -0.05) is 32.9 Å². The summed E-state index contributed by atoms with van der Waals surface area (Å²) in [6.45, 7) is 7.12. The van der Waals surface area contributed by atoms with E-state index in [1.807, 2.05) is 13.8 Å². The molecule has 0 aliphatic carbocycles. The Morgan fingerprint density at radius 2 is 1.77 bits per heavy atom. The molecule has 124 valence electrons. The Balaban J connectivity index is 3.04. The van der Waals surface area contributed by atoms with Crippen molar-refractivity contribution in [3.63, 3.8) is 0 Å². The predicted molar refractivity (Wildman–Crippen MR) is 80.0 cm³/mol. The molecule has 22 heavy (non-hydrogen) atoms. The summed E-state index contributed by atoms with van der Waals surface area (Å²) in [5.74, 6) is -0.717. The van der Waals surface area contributed by atoms with Gasteiger partial charge in [-0.05, 0) is 30.5 Å². The number of hydrogen-bond donors (Lipinski definition) is 2. The van der Waals surface area contributed by atoms with Crippen LogP contribution in [0, 0.1) is 11.8 Å². The number of carbonyl (C=O) groups excluding carboxylic acids is 1. The molecular weight excluding hydrogens is 293 g/mol. The third kappa shape index (κ3) is 4.73. The van der Waals surface area contributed by atoms with Gasteiger partial charge >= 0.3 is 6.18 Å². The van der Waals surface area contributed by atoms with Crippen LogP contribution in [0.1, 0.15) is 44.9 Å². The van der Waals surface area contributed by atoms with Gasteiger partial charge in [0.05, 0.1) is 11.6 Å². The van der Waals surface area contributed by atoms with Gasteiger partial charge in [-0.15, -0.1) is 0 Å². The fourth-order valence-electron chi connectivity index (χ4n) is 2.07. The molecule has 3 N–H and O–H groups in total. The number of rotatable bonds is 5. The van der Waals surface area contributed by atoms with Gasteiger partial charge < -0.3 is 11.1 Å². The van der Waals surface area contributed by atoms with Crippen molar-refractivity contribution < 1.29 is 18.0 Å². The number of benzene rings is 1. The van der Waals surface area contributed by atoms with Gasteiger partial charge in [-0.2, -0.15) is 13.2 Å². The van der Waals surface area contributed by atoms with E-state index in [4.69, 9.17) is 5.73 Å². The third-order valence-corrected chi connectivity index (χ3v) is 3.74. The second-order valence-electron chi connectivity index (χ2n) is 6.00. The zero-order valence-corrected chi connectivity index (χ0v) is 13.2. The number of carbonyl (C=O) groups is 1. The lowest BCUT2D eigenvalue weighted by Gasteiger charge is -2.26. The van der Waals surface area contributed by atoms with Crippen LogP contribution in [-0.4, -0.2) is 11.9 Å². The van der Waals surface area contributed by atoms with Crippen LogP contribution in [0.25, 0.3) is 0 Å². The molecule has 0 spiro atoms. The summed E-state index contributed by atoms with van der Waals surface area (Å²) < 4.78 is 38.5. The van der Waals surface area contributed by atoms with Crippen LogP contribution in [-0.2, 0) is 11.0 Å². The van der Waals surface area contributed by atoms with Gasteiger partial charge in [-0.25, -0.2) is 0 Å². The van der Waals surface area contributed by atoms with Gasteiger partial charge in [0.25, 0.3) is 0 Å². The van der Waals surface area contributed by atoms with Crippen LogP contribution >= 0.6 is 0 Å². The van der Waals surface area contributed by atoms with Gasteiger partial charge in [-0.3, -0.25) is 4.79 Å². The molecule has 0 saturated heterocycles. The van der Waals surface area contributed by atoms with Crippen molar-refractivity contribution in [2.75, 3.05) is 0 Å². The molecule has 0 fully saturated rings. The van der Waals surface area contributed by atoms with Gasteiger partial charge in [0.15, 0.2) is 0 Å². The van der Waals surface area contributed by atoms with E-state index in [0.29, 0.717) is 5.56 Å². The Hall–Kier alpha value is -1.56. The van der Waals surface area contributed by atoms with Crippen LogP contribution in [0.2, 0.25) is 0 Å². The first kappa shape index (κ1) is 18.5. The van der Waals surface area contributed by atoms with Crippen LogP contribution in [0.5, 0.6) is 0 Å². The number of amides is 1. The van der Waals surface area contributed by atoms with Crippen LogP contribution in [0.15, 0.2) is 24.3 Å². The number of hydrogen-bond acceptors (Lipinski definition) is 2. The summed E-state index contributed by atoms with van der Waals surface area (Å²) in [7, 11) is 0. The molecule has 1 amide bonds. The Kier molecular flexibility index (Phi) is 6.00. The largest absolute Gasteiger partial charge is 0.416 e. The topological polar surface area (TPSA) is 55.1 Å². The molecule has 3 unspecified atom stereocenters. The Bertz CT molecular complexity index is 512. The molecule has 1 aromatic rings. The average molecular weight is 316 g/mol. The van der Waals surface area contributed by atoms with Gasteiger partial charge in [0, 0.05) is 12.0 Å². The Labute approximate surface area is 129 Å². The standard InChI is InChI=1S/C16H23F3N2O/c1-9(2)14(21-15(22)10(3)11(4)20)12-6-5-7-13(8-12)16(17,18)19/h5-11,14H,20H2,1-4H3,(H,21,22). The van der Waals surface area contributed by atoms with E-state index >= 15 is 0 Å². The molecule has 3 atom stereocenters. The molecule has 0 aliphatic heterocycles. The minimum Gasteiger partial charge on any atom is -0.349 e. The maximum absolute atomic E-state index is 12.8. The highest BCUT2D eigenvalue weighted by Gasteiger charge is 2.31. The van der Waals surface area contributed by atoms with Crippen molar-refractivity contribution in [2.45, 2.75) is 46.0 Å². The zero-order valence-electron chi connectivity index (χ0n) is 13.2. The van der Waals surface area contributed by atoms with E-state index in [-0.39, 0.29) is 17.9 Å². The number of alkyl halides is 3. The zero-order chi connectivity index (χ0) is 17.1. The highest BCUT2D eigenvalue weighted by molar-refractivity contribution is 5.79. The summed E-state index contributed by atoms with van der Waals surface area (Å²) in [4.78, 5) is 12.1. The van der Waals surface area contributed by atoms with Crippen molar-refractivity contribution >= 4 is 5.91 Å². The van der Waals surface area contributed by atoms with Crippen LogP contribution in [0.4, 0.5) is 13.2 Å². The molecule has 0 saturated carbocycles. The first-order valence-electron chi connectivity index (χ1n) is 7.27. The number of halogens is 3. The molecule has 0 bridgehead atoms. The number of nitrogens with two attached hydrogens (primary N) is 1. The molecule has 0 heterocycles. The van der Waals surface area contributed by atoms with E-state index in [9.17, 15) is 18.0 Å². The molecule has 1 aromatic carbocycles. The number of nitrogens with one attached hydrogen (secondary N) is 1. The van der Waals surface area contributed by atoms with Crippen molar-refractivity contribution in [2.24, 2.45) is 17.6 Å². The Morgan fingerprint density at radius 3 is 2.23 bits per heavy atom. The summed E-state index contributed by atoms with van der Waals surface area (Å²) in [6.07, 6.45) is -4.40. The molecule has 1 rings (SSSR count). The lowest BCUT2D eigenvalue weighted by atomic mass is 9.93. The second-order valence-corrected chi connectivity index (χ2v) is 6.00. The quantitative estimate of drug-likeness (QED) is 0.873. The highest BCUT2D eigenvalue weighted by atomic mass is 19.4. The summed E-state index contributed by atoms with van der Waals surface area (Å²) in [5.41, 5.74) is 5.42. The second kappa shape index (κ2) is 7.13. The summed E-state index contributed by atoms with van der Waals surface area (Å²) in [6, 6.07) is 4.24. The fraction of sp³-hybridized carbons (Fsp3) is 0.562. The van der Waals surface area contributed by atoms with Crippen LogP contribution < -0.4 is 11.1 Å². The molecular formula is C16H23F3N2O. The molecule has 3 nitrogen and oxygen atoms in total. The smallest absolute Gasteiger partial charge is 0.349 e. The lowest BCUT2D eigenvalue weighted by molar-refractivity contribution is -0.137. The minimum atomic E-state index is -4.40. The van der Waals surface area contributed by atoms with E-state index in [1.54, 1.807) is 19.9 Å². The average Bonchev–Trinajstić information content (AvgIpc) is 2.42. The molecule has 0 radical (unpaired) electrons. The SMILES string of the molecule is CC(C)C(NC(=O)C(C)C(C)N)c1cccc(C(F)(F)F)c1. The minimum absolute atomic E-state index is 0.0484. The third-order valence-electron chi connectivity index (χ3n) is 3.74. The van der Waals surface area contributed by atoms with Crippen molar-refractivity contribution in [3.8, 4) is 0 Å². The molecule has 0 aromatic heterocycles. The maximum Gasteiger partial charge on any atom is 0.416 e. The van der Waals surface area contributed by atoms with Crippen molar-refractivity contribution in [3.05, 3.63) is 35.4 Å². The summed E-state index contributed by atoms with van der Waals surface area (Å²) >= 11 is 0. The lowest BCUT2D eigenvalue weighted by Crippen LogP contribution is -2.41. The first-order valence-corrected chi connectivity index (χ1v) is 7.27. The first-order chi connectivity index (χ1) is 10.0. The predicted octanol–water partition coefficient (Wildman–Crippen LogP) is 3.50. The van der Waals surface area contributed by atoms with Gasteiger partial charge in [0.2, 0.25) is 5.91 Å². The van der Waals surface area contributed by atoms with Crippen molar-refractivity contribution in [1.82, 2.24) is 5.32 Å². The Morgan fingerprint density at radius 1 is 1.18 bits per heavy atom. The normalized spacial score (nSPS) is 16.2. The summed E-state index contributed by atoms with van der Waals surface area (Å²) in [5, 5.41) is 2.81.